The van der Waals surface area contributed by atoms with Crippen molar-refractivity contribution in [1.82, 2.24) is 0 Å². The average molecular weight is 260 g/mol. The van der Waals surface area contributed by atoms with E-state index in [0.29, 0.717) is 4.47 Å². The van der Waals surface area contributed by atoms with Gasteiger partial charge in [0, 0.05) is 0 Å². The van der Waals surface area contributed by atoms with E-state index in [1.54, 1.807) is 13.0 Å². The van der Waals surface area contributed by atoms with Crippen molar-refractivity contribution in [3.8, 4) is 0 Å². The number of halogens is 2. The Morgan fingerprint density at radius 3 is 2.64 bits per heavy atom. The molecular formula is C10H11BrFNO. The van der Waals surface area contributed by atoms with E-state index in [2.05, 4.69) is 15.9 Å². The Bertz CT molecular complexity index is 377. The molecule has 0 aliphatic carbocycles. The van der Waals surface area contributed by atoms with Crippen molar-refractivity contribution < 1.29 is 9.18 Å². The van der Waals surface area contributed by atoms with Gasteiger partial charge in [-0.05, 0) is 47.5 Å². The molecule has 0 heterocycles. The maximum atomic E-state index is 13.5. The number of aryl methyl sites for hydroxylation is 1. The minimum Gasteiger partial charge on any atom is -0.321 e. The minimum atomic E-state index is -0.682. The molecule has 14 heavy (non-hydrogen) atoms. The molecular weight excluding hydrogens is 249 g/mol. The fraction of sp³-hybridized carbons (Fsp3) is 0.300. The van der Waals surface area contributed by atoms with Gasteiger partial charge in [-0.15, -0.1) is 0 Å². The lowest BCUT2D eigenvalue weighted by Crippen LogP contribution is -2.27. The van der Waals surface area contributed by atoms with Gasteiger partial charge in [-0.3, -0.25) is 4.79 Å². The molecule has 2 N–H and O–H groups in total. The summed E-state index contributed by atoms with van der Waals surface area (Å²) in [6, 6.07) is 2.44. The third kappa shape index (κ3) is 2.19. The topological polar surface area (TPSA) is 43.1 Å². The molecule has 2 nitrogen and oxygen atoms in total. The Labute approximate surface area is 90.4 Å². The molecule has 0 aliphatic rings. The lowest BCUT2D eigenvalue weighted by molar-refractivity contribution is 0.0963. The van der Waals surface area contributed by atoms with Gasteiger partial charge in [0.15, 0.2) is 5.78 Å². The molecule has 0 bridgehead atoms. The molecule has 0 saturated heterocycles. The van der Waals surface area contributed by atoms with Crippen LogP contribution in [0.1, 0.15) is 22.8 Å². The van der Waals surface area contributed by atoms with Crippen LogP contribution in [0.25, 0.3) is 0 Å². The summed E-state index contributed by atoms with van der Waals surface area (Å²) in [5.74, 6) is -0.926. The Morgan fingerprint density at radius 2 is 2.14 bits per heavy atom. The smallest absolute Gasteiger partial charge is 0.182 e. The SMILES string of the molecule is Cc1cc(Br)c(F)c(C(=O)C(C)N)c1. The molecule has 1 aromatic rings. The van der Waals surface area contributed by atoms with Gasteiger partial charge in [0.2, 0.25) is 0 Å². The quantitative estimate of drug-likeness (QED) is 0.830. The van der Waals surface area contributed by atoms with Crippen LogP contribution < -0.4 is 5.73 Å². The summed E-state index contributed by atoms with van der Waals surface area (Å²) in [7, 11) is 0. The van der Waals surface area contributed by atoms with Gasteiger partial charge in [-0.25, -0.2) is 4.39 Å². The van der Waals surface area contributed by atoms with Crippen LogP contribution in [0.5, 0.6) is 0 Å². The Morgan fingerprint density at radius 1 is 1.57 bits per heavy atom. The van der Waals surface area contributed by atoms with E-state index in [9.17, 15) is 9.18 Å². The third-order valence-corrected chi connectivity index (χ3v) is 2.43. The normalized spacial score (nSPS) is 12.6. The summed E-state index contributed by atoms with van der Waals surface area (Å²) < 4.78 is 13.8. The van der Waals surface area contributed by atoms with E-state index in [1.165, 1.54) is 13.0 Å². The van der Waals surface area contributed by atoms with Crippen LogP contribution >= 0.6 is 15.9 Å². The zero-order valence-electron chi connectivity index (χ0n) is 7.97. The first kappa shape index (κ1) is 11.3. The van der Waals surface area contributed by atoms with Crippen molar-refractivity contribution in [3.05, 3.63) is 33.5 Å². The molecule has 0 aliphatic heterocycles. The van der Waals surface area contributed by atoms with Gasteiger partial charge in [-0.2, -0.15) is 0 Å². The minimum absolute atomic E-state index is 0.0480. The number of hydrogen-bond donors (Lipinski definition) is 1. The van der Waals surface area contributed by atoms with E-state index >= 15 is 0 Å². The maximum absolute atomic E-state index is 13.5. The van der Waals surface area contributed by atoms with Crippen LogP contribution in [0.4, 0.5) is 4.39 Å². The van der Waals surface area contributed by atoms with Crippen molar-refractivity contribution in [2.75, 3.05) is 0 Å². The summed E-state index contributed by atoms with van der Waals surface area (Å²) in [4.78, 5) is 11.5. The van der Waals surface area contributed by atoms with Gasteiger partial charge < -0.3 is 5.73 Å². The molecule has 1 aromatic carbocycles. The van der Waals surface area contributed by atoms with Crippen LogP contribution in [0.3, 0.4) is 0 Å². The summed E-state index contributed by atoms with van der Waals surface area (Å²) in [6.07, 6.45) is 0. The largest absolute Gasteiger partial charge is 0.321 e. The first-order valence-electron chi connectivity index (χ1n) is 4.19. The Kier molecular flexibility index (Phi) is 3.39. The van der Waals surface area contributed by atoms with Gasteiger partial charge in [0.25, 0.3) is 0 Å². The van der Waals surface area contributed by atoms with Crippen LogP contribution in [-0.2, 0) is 0 Å². The molecule has 1 atom stereocenters. The predicted octanol–water partition coefficient (Wildman–Crippen LogP) is 2.43. The van der Waals surface area contributed by atoms with Crippen molar-refractivity contribution in [2.24, 2.45) is 5.73 Å². The number of rotatable bonds is 2. The summed E-state index contributed by atoms with van der Waals surface area (Å²) >= 11 is 3.05. The highest BCUT2D eigenvalue weighted by molar-refractivity contribution is 9.10. The van der Waals surface area contributed by atoms with E-state index in [0.717, 1.165) is 5.56 Å². The van der Waals surface area contributed by atoms with Gasteiger partial charge in [0.05, 0.1) is 16.1 Å². The molecule has 0 spiro atoms. The number of Topliss-reactive ketones (excluding diaryl/α,β-unsaturated/α-hetero) is 1. The van der Waals surface area contributed by atoms with Crippen LogP contribution in [-0.4, -0.2) is 11.8 Å². The van der Waals surface area contributed by atoms with E-state index in [-0.39, 0.29) is 11.3 Å². The van der Waals surface area contributed by atoms with Crippen LogP contribution in [0, 0.1) is 12.7 Å². The molecule has 4 heteroatoms. The fourth-order valence-corrected chi connectivity index (χ4v) is 1.72. The number of hydrogen-bond acceptors (Lipinski definition) is 2. The van der Waals surface area contributed by atoms with Gasteiger partial charge in [-0.1, -0.05) is 0 Å². The van der Waals surface area contributed by atoms with Crippen molar-refractivity contribution in [2.45, 2.75) is 19.9 Å². The van der Waals surface area contributed by atoms with E-state index in [1.807, 2.05) is 0 Å². The zero-order valence-corrected chi connectivity index (χ0v) is 9.56. The number of nitrogens with two attached hydrogens (primary N) is 1. The first-order chi connectivity index (χ1) is 6.43. The molecule has 76 valence electrons. The second-order valence-corrected chi connectivity index (χ2v) is 4.12. The summed E-state index contributed by atoms with van der Waals surface area (Å²) in [5.41, 5.74) is 6.28. The lowest BCUT2D eigenvalue weighted by atomic mass is 10.0. The number of carbonyl (C=O) groups excluding carboxylic acids is 1. The second kappa shape index (κ2) is 4.19. The molecule has 0 saturated carbocycles. The van der Waals surface area contributed by atoms with Gasteiger partial charge in [0.1, 0.15) is 5.82 Å². The van der Waals surface area contributed by atoms with E-state index in [4.69, 9.17) is 5.73 Å². The highest BCUT2D eigenvalue weighted by atomic mass is 79.9. The second-order valence-electron chi connectivity index (χ2n) is 3.26. The highest BCUT2D eigenvalue weighted by Gasteiger charge is 2.17. The standard InChI is InChI=1S/C10H11BrFNO/c1-5-3-7(10(14)6(2)13)9(12)8(11)4-5/h3-4,6H,13H2,1-2H3. The van der Waals surface area contributed by atoms with E-state index < -0.39 is 11.9 Å². The molecule has 0 amide bonds. The molecule has 0 radical (unpaired) electrons. The molecule has 0 fully saturated rings. The first-order valence-corrected chi connectivity index (χ1v) is 4.98. The zero-order chi connectivity index (χ0) is 10.9. The maximum Gasteiger partial charge on any atom is 0.182 e. The number of benzene rings is 1. The molecule has 0 aromatic heterocycles. The van der Waals surface area contributed by atoms with Crippen molar-refractivity contribution in [1.29, 1.82) is 0 Å². The van der Waals surface area contributed by atoms with Gasteiger partial charge >= 0.3 is 0 Å². The van der Waals surface area contributed by atoms with Crippen LogP contribution in [0.15, 0.2) is 16.6 Å². The van der Waals surface area contributed by atoms with Crippen LogP contribution in [0.2, 0.25) is 0 Å². The Balaban J connectivity index is 3.27. The average Bonchev–Trinajstić information content (AvgIpc) is 2.09. The summed E-state index contributed by atoms with van der Waals surface area (Å²) in [6.45, 7) is 3.33. The highest BCUT2D eigenvalue weighted by Crippen LogP contribution is 2.21. The summed E-state index contributed by atoms with van der Waals surface area (Å²) in [5, 5.41) is 0. The Hall–Kier alpha value is -0.740. The van der Waals surface area contributed by atoms with Crippen molar-refractivity contribution in [3.63, 3.8) is 0 Å². The third-order valence-electron chi connectivity index (χ3n) is 1.85. The predicted molar refractivity (Wildman–Crippen MR) is 56.8 cm³/mol. The van der Waals surface area contributed by atoms with Crippen molar-refractivity contribution >= 4 is 21.7 Å². The monoisotopic (exact) mass is 259 g/mol. The fourth-order valence-electron chi connectivity index (χ4n) is 1.15. The lowest BCUT2D eigenvalue weighted by Gasteiger charge is -2.07. The number of carbonyl (C=O) groups is 1. The molecule has 1 unspecified atom stereocenters. The number of ketones is 1. The molecule has 1 rings (SSSR count).